The van der Waals surface area contributed by atoms with Crippen LogP contribution in [-0.2, 0) is 21.5 Å². The Balaban J connectivity index is 1.60. The molecule has 4 rings (SSSR count). The Morgan fingerprint density at radius 2 is 2.07 bits per heavy atom. The number of benzene rings is 2. The summed E-state index contributed by atoms with van der Waals surface area (Å²) in [6.07, 6.45) is 0.661. The predicted molar refractivity (Wildman–Crippen MR) is 106 cm³/mol. The first-order chi connectivity index (χ1) is 14.0. The van der Waals surface area contributed by atoms with Crippen LogP contribution in [0.5, 0.6) is 0 Å². The molecule has 2 aliphatic rings. The van der Waals surface area contributed by atoms with Crippen LogP contribution in [0.2, 0.25) is 0 Å². The standard InChI is InChI=1S/C22H24FN3O3/c23-18-7-6-15(8-10-24)12-17(18)21(28)26-11-9-22(16-4-2-1-3-5-16)19(13-26)29-14-20(27)25-22/h1-7,12,19H,8-11,13-14,24H2,(H,25,27)/t19-,22+/m1/s1. The molecule has 7 heteroatoms. The van der Waals surface area contributed by atoms with E-state index in [-0.39, 0.29) is 30.5 Å². The highest BCUT2D eigenvalue weighted by atomic mass is 19.1. The molecule has 0 spiro atoms. The van der Waals surface area contributed by atoms with E-state index in [0.29, 0.717) is 25.9 Å². The molecule has 152 valence electrons. The van der Waals surface area contributed by atoms with Crippen LogP contribution >= 0.6 is 0 Å². The summed E-state index contributed by atoms with van der Waals surface area (Å²) in [5.74, 6) is -1.09. The van der Waals surface area contributed by atoms with Gasteiger partial charge in [0.05, 0.1) is 11.1 Å². The van der Waals surface area contributed by atoms with E-state index in [1.54, 1.807) is 17.0 Å². The number of nitrogens with one attached hydrogen (secondary N) is 1. The van der Waals surface area contributed by atoms with Crippen LogP contribution in [0.15, 0.2) is 48.5 Å². The number of ether oxygens (including phenoxy) is 1. The summed E-state index contributed by atoms with van der Waals surface area (Å²) in [6.45, 7) is 1.03. The normalized spacial score (nSPS) is 24.0. The van der Waals surface area contributed by atoms with Crippen molar-refractivity contribution in [3.63, 3.8) is 0 Å². The van der Waals surface area contributed by atoms with Gasteiger partial charge < -0.3 is 20.7 Å². The number of fused-ring (bicyclic) bond motifs is 1. The molecule has 2 aromatic carbocycles. The minimum absolute atomic E-state index is 0.0445. The van der Waals surface area contributed by atoms with Gasteiger partial charge in [-0.2, -0.15) is 0 Å². The van der Waals surface area contributed by atoms with E-state index in [2.05, 4.69) is 5.32 Å². The fraction of sp³-hybridized carbons (Fsp3) is 0.364. The van der Waals surface area contributed by atoms with Crippen LogP contribution in [0.25, 0.3) is 0 Å². The van der Waals surface area contributed by atoms with E-state index in [1.165, 1.54) is 6.07 Å². The minimum Gasteiger partial charge on any atom is -0.364 e. The van der Waals surface area contributed by atoms with Crippen molar-refractivity contribution in [1.82, 2.24) is 10.2 Å². The van der Waals surface area contributed by atoms with Crippen LogP contribution < -0.4 is 11.1 Å². The quantitative estimate of drug-likeness (QED) is 0.821. The molecular formula is C22H24FN3O3. The average Bonchev–Trinajstić information content (AvgIpc) is 2.75. The third-order valence-corrected chi connectivity index (χ3v) is 5.76. The van der Waals surface area contributed by atoms with Gasteiger partial charge in [0.25, 0.3) is 5.91 Å². The smallest absolute Gasteiger partial charge is 0.256 e. The molecule has 0 radical (unpaired) electrons. The fourth-order valence-corrected chi connectivity index (χ4v) is 4.27. The second kappa shape index (κ2) is 7.93. The molecule has 0 aliphatic carbocycles. The molecule has 2 atom stereocenters. The lowest BCUT2D eigenvalue weighted by Crippen LogP contribution is -2.67. The molecule has 0 unspecified atom stereocenters. The number of nitrogens with zero attached hydrogens (tertiary/aromatic N) is 1. The number of halogens is 1. The number of amides is 2. The zero-order chi connectivity index (χ0) is 20.4. The van der Waals surface area contributed by atoms with Crippen molar-refractivity contribution in [2.24, 2.45) is 5.73 Å². The maximum atomic E-state index is 14.4. The number of carbonyl (C=O) groups is 2. The van der Waals surface area contributed by atoms with Gasteiger partial charge in [-0.05, 0) is 42.6 Å². The molecule has 29 heavy (non-hydrogen) atoms. The van der Waals surface area contributed by atoms with E-state index in [9.17, 15) is 14.0 Å². The maximum absolute atomic E-state index is 14.4. The van der Waals surface area contributed by atoms with Gasteiger partial charge in [-0.15, -0.1) is 0 Å². The molecule has 2 fully saturated rings. The molecule has 0 aromatic heterocycles. The zero-order valence-corrected chi connectivity index (χ0v) is 16.1. The predicted octanol–water partition coefficient (Wildman–Crippen LogP) is 1.58. The number of morpholine rings is 1. The zero-order valence-electron chi connectivity index (χ0n) is 16.1. The number of hydrogen-bond donors (Lipinski definition) is 2. The molecule has 2 aromatic rings. The summed E-state index contributed by atoms with van der Waals surface area (Å²) in [5.41, 5.74) is 6.71. The van der Waals surface area contributed by atoms with Gasteiger partial charge in [-0.25, -0.2) is 4.39 Å². The first-order valence-electron chi connectivity index (χ1n) is 9.79. The van der Waals surface area contributed by atoms with E-state index in [0.717, 1.165) is 11.1 Å². The second-order valence-corrected chi connectivity index (χ2v) is 7.54. The second-order valence-electron chi connectivity index (χ2n) is 7.54. The summed E-state index contributed by atoms with van der Waals surface area (Å²) in [4.78, 5) is 26.8. The topological polar surface area (TPSA) is 84.7 Å². The molecule has 2 heterocycles. The number of hydrogen-bond acceptors (Lipinski definition) is 4. The lowest BCUT2D eigenvalue weighted by molar-refractivity contribution is -0.150. The Morgan fingerprint density at radius 1 is 1.28 bits per heavy atom. The van der Waals surface area contributed by atoms with Crippen LogP contribution in [0.1, 0.15) is 27.9 Å². The molecular weight excluding hydrogens is 373 g/mol. The molecule has 3 N–H and O–H groups in total. The van der Waals surface area contributed by atoms with E-state index < -0.39 is 17.5 Å². The summed E-state index contributed by atoms with van der Waals surface area (Å²) in [5, 5.41) is 3.09. The van der Waals surface area contributed by atoms with Crippen molar-refractivity contribution < 1.29 is 18.7 Å². The van der Waals surface area contributed by atoms with Crippen molar-refractivity contribution in [3.05, 3.63) is 71.0 Å². The number of carbonyl (C=O) groups excluding carboxylic acids is 2. The van der Waals surface area contributed by atoms with Crippen molar-refractivity contribution in [1.29, 1.82) is 0 Å². The summed E-state index contributed by atoms with van der Waals surface area (Å²) in [7, 11) is 0. The van der Waals surface area contributed by atoms with Crippen molar-refractivity contribution >= 4 is 11.8 Å². The maximum Gasteiger partial charge on any atom is 0.256 e. The van der Waals surface area contributed by atoms with Gasteiger partial charge in [0, 0.05) is 13.1 Å². The Morgan fingerprint density at radius 3 is 2.83 bits per heavy atom. The largest absolute Gasteiger partial charge is 0.364 e. The third-order valence-electron chi connectivity index (χ3n) is 5.76. The molecule has 2 aliphatic heterocycles. The van der Waals surface area contributed by atoms with E-state index in [1.807, 2.05) is 30.3 Å². The third kappa shape index (κ3) is 3.63. The van der Waals surface area contributed by atoms with Gasteiger partial charge in [0.1, 0.15) is 18.5 Å². The number of piperidine rings is 1. The SMILES string of the molecule is NCCc1ccc(F)c(C(=O)N2CC[C@@]3(c4ccccc4)NC(=O)CO[C@@H]3C2)c1. The summed E-state index contributed by atoms with van der Waals surface area (Å²) < 4.78 is 20.2. The van der Waals surface area contributed by atoms with Crippen LogP contribution in [0.3, 0.4) is 0 Å². The van der Waals surface area contributed by atoms with E-state index >= 15 is 0 Å². The van der Waals surface area contributed by atoms with Crippen LogP contribution in [0.4, 0.5) is 4.39 Å². The van der Waals surface area contributed by atoms with Gasteiger partial charge in [-0.3, -0.25) is 9.59 Å². The minimum atomic E-state index is -0.687. The average molecular weight is 397 g/mol. The van der Waals surface area contributed by atoms with Crippen molar-refractivity contribution in [2.75, 3.05) is 26.2 Å². The molecule has 2 saturated heterocycles. The number of nitrogens with two attached hydrogens (primary N) is 1. The fourth-order valence-electron chi connectivity index (χ4n) is 4.27. The lowest BCUT2D eigenvalue weighted by Gasteiger charge is -2.50. The molecule has 0 saturated carbocycles. The van der Waals surface area contributed by atoms with Gasteiger partial charge in [0.2, 0.25) is 5.91 Å². The monoisotopic (exact) mass is 397 g/mol. The van der Waals surface area contributed by atoms with Gasteiger partial charge >= 0.3 is 0 Å². The van der Waals surface area contributed by atoms with Crippen molar-refractivity contribution in [3.8, 4) is 0 Å². The highest BCUT2D eigenvalue weighted by Gasteiger charge is 2.50. The van der Waals surface area contributed by atoms with Gasteiger partial charge in [-0.1, -0.05) is 36.4 Å². The highest BCUT2D eigenvalue weighted by molar-refractivity contribution is 5.95. The van der Waals surface area contributed by atoms with Crippen molar-refractivity contribution in [2.45, 2.75) is 24.5 Å². The van der Waals surface area contributed by atoms with Gasteiger partial charge in [0.15, 0.2) is 0 Å². The number of rotatable bonds is 4. The highest BCUT2D eigenvalue weighted by Crippen LogP contribution is 2.37. The Labute approximate surface area is 168 Å². The molecule has 2 amide bonds. The summed E-state index contributed by atoms with van der Waals surface area (Å²) in [6, 6.07) is 14.2. The first kappa shape index (κ1) is 19.5. The number of likely N-dealkylation sites (tertiary alicyclic amines) is 1. The van der Waals surface area contributed by atoms with E-state index in [4.69, 9.17) is 10.5 Å². The molecule has 0 bridgehead atoms. The summed E-state index contributed by atoms with van der Waals surface area (Å²) >= 11 is 0. The Kier molecular flexibility index (Phi) is 5.34. The Bertz CT molecular complexity index is 921. The first-order valence-corrected chi connectivity index (χ1v) is 9.79. The molecule has 6 nitrogen and oxygen atoms in total. The van der Waals surface area contributed by atoms with Crippen LogP contribution in [-0.4, -0.2) is 49.1 Å². The Hall–Kier alpha value is -2.77. The van der Waals surface area contributed by atoms with Crippen LogP contribution in [0, 0.1) is 5.82 Å². The lowest BCUT2D eigenvalue weighted by atomic mass is 9.77.